The monoisotopic (exact) mass is 325 g/mol. The highest BCUT2D eigenvalue weighted by Crippen LogP contribution is 2.27. The molecule has 2 rings (SSSR count). The fraction of sp³-hybridized carbons (Fsp3) is 0.500. The number of hydrogen-bond donors (Lipinski definition) is 2. The van der Waals surface area contributed by atoms with E-state index >= 15 is 0 Å². The zero-order valence-corrected chi connectivity index (χ0v) is 13.9. The lowest BCUT2D eigenvalue weighted by Crippen LogP contribution is -2.35. The molecule has 1 aromatic rings. The van der Waals surface area contributed by atoms with Crippen LogP contribution in [-0.4, -0.2) is 43.9 Å². The summed E-state index contributed by atoms with van der Waals surface area (Å²) in [6, 6.07) is 7.31. The molecule has 0 saturated heterocycles. The van der Waals surface area contributed by atoms with Gasteiger partial charge in [0, 0.05) is 26.2 Å². The second-order valence-corrected chi connectivity index (χ2v) is 5.60. The summed E-state index contributed by atoms with van der Waals surface area (Å²) < 4.78 is 0. The van der Waals surface area contributed by atoms with Gasteiger partial charge in [-0.3, -0.25) is 9.59 Å². The number of amides is 2. The highest BCUT2D eigenvalue weighted by Gasteiger charge is 2.21. The van der Waals surface area contributed by atoms with Crippen molar-refractivity contribution in [3.63, 3.8) is 0 Å². The van der Waals surface area contributed by atoms with E-state index in [2.05, 4.69) is 10.6 Å². The van der Waals surface area contributed by atoms with E-state index < -0.39 is 0 Å². The van der Waals surface area contributed by atoms with Gasteiger partial charge < -0.3 is 15.5 Å². The van der Waals surface area contributed by atoms with Crippen molar-refractivity contribution >= 4 is 24.2 Å². The van der Waals surface area contributed by atoms with Crippen molar-refractivity contribution in [2.45, 2.75) is 19.4 Å². The van der Waals surface area contributed by atoms with Crippen LogP contribution in [0.1, 0.15) is 28.8 Å². The van der Waals surface area contributed by atoms with Crippen LogP contribution in [0.4, 0.5) is 0 Å². The SMILES string of the molecule is CNC(=O)c1ccc(CN(C)C(=O)CNCC2CC2)cc1.Cl. The first-order chi connectivity index (χ1) is 10.1. The number of likely N-dealkylation sites (N-methyl/N-ethyl adjacent to an activating group) is 1. The van der Waals surface area contributed by atoms with E-state index in [1.807, 2.05) is 12.1 Å². The molecule has 0 radical (unpaired) electrons. The molecule has 1 aliphatic rings. The molecule has 122 valence electrons. The molecule has 1 fully saturated rings. The molecule has 0 unspecified atom stereocenters. The van der Waals surface area contributed by atoms with Crippen LogP contribution in [0.25, 0.3) is 0 Å². The predicted octanol–water partition coefficient (Wildman–Crippen LogP) is 1.43. The molecule has 2 N–H and O–H groups in total. The zero-order chi connectivity index (χ0) is 15.2. The Morgan fingerprint density at radius 1 is 1.23 bits per heavy atom. The van der Waals surface area contributed by atoms with E-state index in [0.717, 1.165) is 18.0 Å². The molecule has 0 bridgehead atoms. The van der Waals surface area contributed by atoms with Gasteiger partial charge in [0.15, 0.2) is 0 Å². The third kappa shape index (κ3) is 5.66. The summed E-state index contributed by atoms with van der Waals surface area (Å²) in [6.45, 7) is 1.89. The molecule has 0 heterocycles. The first-order valence-electron chi connectivity index (χ1n) is 7.36. The molecule has 6 heteroatoms. The number of nitrogens with zero attached hydrogens (tertiary/aromatic N) is 1. The molecule has 5 nitrogen and oxygen atoms in total. The number of halogens is 1. The molecule has 0 aliphatic heterocycles. The minimum atomic E-state index is -0.102. The molecule has 1 aliphatic carbocycles. The number of carbonyl (C=O) groups is 2. The van der Waals surface area contributed by atoms with Gasteiger partial charge in [0.25, 0.3) is 5.91 Å². The summed E-state index contributed by atoms with van der Waals surface area (Å²) in [7, 11) is 3.41. The minimum Gasteiger partial charge on any atom is -0.355 e. The molecule has 1 aromatic carbocycles. The van der Waals surface area contributed by atoms with Crippen LogP contribution >= 0.6 is 12.4 Å². The topological polar surface area (TPSA) is 61.4 Å². The number of benzene rings is 1. The van der Waals surface area contributed by atoms with Crippen molar-refractivity contribution in [3.8, 4) is 0 Å². The van der Waals surface area contributed by atoms with Crippen LogP contribution < -0.4 is 10.6 Å². The Hall–Kier alpha value is -1.59. The van der Waals surface area contributed by atoms with Gasteiger partial charge in [-0.1, -0.05) is 12.1 Å². The van der Waals surface area contributed by atoms with Crippen LogP contribution in [-0.2, 0) is 11.3 Å². The zero-order valence-electron chi connectivity index (χ0n) is 13.1. The lowest BCUT2D eigenvalue weighted by atomic mass is 10.1. The van der Waals surface area contributed by atoms with E-state index in [-0.39, 0.29) is 24.2 Å². The Balaban J connectivity index is 0.00000242. The van der Waals surface area contributed by atoms with Crippen molar-refractivity contribution in [1.82, 2.24) is 15.5 Å². The second-order valence-electron chi connectivity index (χ2n) is 5.60. The Morgan fingerprint density at radius 3 is 2.41 bits per heavy atom. The molecular formula is C16H24ClN3O2. The smallest absolute Gasteiger partial charge is 0.251 e. The third-order valence-corrected chi connectivity index (χ3v) is 3.69. The van der Waals surface area contributed by atoms with Crippen molar-refractivity contribution < 1.29 is 9.59 Å². The Labute approximate surface area is 137 Å². The number of hydrogen-bond acceptors (Lipinski definition) is 3. The second kappa shape index (κ2) is 8.76. The van der Waals surface area contributed by atoms with Crippen LogP contribution in [0.3, 0.4) is 0 Å². The fourth-order valence-electron chi connectivity index (χ4n) is 2.11. The van der Waals surface area contributed by atoms with Gasteiger partial charge in [0.1, 0.15) is 0 Å². The van der Waals surface area contributed by atoms with Crippen LogP contribution in [0, 0.1) is 5.92 Å². The maximum absolute atomic E-state index is 12.0. The van der Waals surface area contributed by atoms with Crippen molar-refractivity contribution in [3.05, 3.63) is 35.4 Å². The lowest BCUT2D eigenvalue weighted by Gasteiger charge is -2.17. The van der Waals surface area contributed by atoms with Gasteiger partial charge in [-0.15, -0.1) is 12.4 Å². The fourth-order valence-corrected chi connectivity index (χ4v) is 2.11. The van der Waals surface area contributed by atoms with Gasteiger partial charge in [-0.2, -0.15) is 0 Å². The largest absolute Gasteiger partial charge is 0.355 e. The van der Waals surface area contributed by atoms with Gasteiger partial charge in [-0.25, -0.2) is 0 Å². The van der Waals surface area contributed by atoms with Gasteiger partial charge in [0.05, 0.1) is 6.54 Å². The van der Waals surface area contributed by atoms with E-state index in [0.29, 0.717) is 18.7 Å². The number of nitrogens with one attached hydrogen (secondary N) is 2. The van der Waals surface area contributed by atoms with Gasteiger partial charge >= 0.3 is 0 Å². The number of rotatable bonds is 7. The van der Waals surface area contributed by atoms with Gasteiger partial charge in [-0.05, 0) is 43.0 Å². The lowest BCUT2D eigenvalue weighted by molar-refractivity contribution is -0.129. The maximum atomic E-state index is 12.0. The first kappa shape index (κ1) is 18.5. The van der Waals surface area contributed by atoms with Crippen LogP contribution in [0.15, 0.2) is 24.3 Å². The average molecular weight is 326 g/mol. The number of carbonyl (C=O) groups excluding carboxylic acids is 2. The van der Waals surface area contributed by atoms with Crippen molar-refractivity contribution in [2.24, 2.45) is 5.92 Å². The molecule has 0 atom stereocenters. The molecule has 2 amide bonds. The highest BCUT2D eigenvalue weighted by atomic mass is 35.5. The summed E-state index contributed by atoms with van der Waals surface area (Å²) >= 11 is 0. The normalized spacial score (nSPS) is 13.2. The summed E-state index contributed by atoms with van der Waals surface area (Å²) in [6.07, 6.45) is 2.57. The molecule has 0 aromatic heterocycles. The maximum Gasteiger partial charge on any atom is 0.251 e. The minimum absolute atomic E-state index is 0. The highest BCUT2D eigenvalue weighted by molar-refractivity contribution is 5.93. The molecule has 22 heavy (non-hydrogen) atoms. The summed E-state index contributed by atoms with van der Waals surface area (Å²) in [5.41, 5.74) is 1.64. The third-order valence-electron chi connectivity index (χ3n) is 3.69. The van der Waals surface area contributed by atoms with E-state index in [1.54, 1.807) is 31.1 Å². The standard InChI is InChI=1S/C16H23N3O2.ClH/c1-17-16(21)14-7-5-13(6-8-14)11-19(2)15(20)10-18-9-12-3-4-12;/h5-8,12,18H,3-4,9-11H2,1-2H3,(H,17,21);1H. The van der Waals surface area contributed by atoms with E-state index in [9.17, 15) is 9.59 Å². The average Bonchev–Trinajstić information content (AvgIpc) is 3.31. The molecule has 1 saturated carbocycles. The molecule has 0 spiro atoms. The Kier molecular flexibility index (Phi) is 7.35. The van der Waals surface area contributed by atoms with Gasteiger partial charge in [0.2, 0.25) is 5.91 Å². The Morgan fingerprint density at radius 2 is 1.86 bits per heavy atom. The Bertz CT molecular complexity index is 501. The van der Waals surface area contributed by atoms with Crippen LogP contribution in [0.2, 0.25) is 0 Å². The van der Waals surface area contributed by atoms with E-state index in [4.69, 9.17) is 0 Å². The van der Waals surface area contributed by atoms with Crippen molar-refractivity contribution in [2.75, 3.05) is 27.2 Å². The quantitative estimate of drug-likeness (QED) is 0.797. The van der Waals surface area contributed by atoms with Crippen molar-refractivity contribution in [1.29, 1.82) is 0 Å². The summed E-state index contributed by atoms with van der Waals surface area (Å²) in [4.78, 5) is 25.1. The van der Waals surface area contributed by atoms with E-state index in [1.165, 1.54) is 12.8 Å². The molecular weight excluding hydrogens is 302 g/mol. The summed E-state index contributed by atoms with van der Waals surface area (Å²) in [5.74, 6) is 0.765. The first-order valence-corrected chi connectivity index (χ1v) is 7.36. The van der Waals surface area contributed by atoms with Crippen LogP contribution in [0.5, 0.6) is 0 Å². The predicted molar refractivity (Wildman–Crippen MR) is 89.1 cm³/mol. The summed E-state index contributed by atoms with van der Waals surface area (Å²) in [5, 5.41) is 5.79.